The zero-order chi connectivity index (χ0) is 24.3. The van der Waals surface area contributed by atoms with E-state index >= 15 is 0 Å². The molecule has 1 fully saturated rings. The highest BCUT2D eigenvalue weighted by atomic mass is 16.6. The zero-order valence-corrected chi connectivity index (χ0v) is 19.6. The van der Waals surface area contributed by atoms with E-state index in [9.17, 15) is 9.90 Å². The van der Waals surface area contributed by atoms with Crippen molar-refractivity contribution >= 4 is 5.97 Å². The highest BCUT2D eigenvalue weighted by molar-refractivity contribution is 5.84. The van der Waals surface area contributed by atoms with Gasteiger partial charge in [0.05, 0.1) is 13.2 Å². The maximum Gasteiger partial charge on any atom is 0.346 e. The van der Waals surface area contributed by atoms with Crippen molar-refractivity contribution < 1.29 is 19.4 Å². The third-order valence-corrected chi connectivity index (χ3v) is 7.04. The largest absolute Gasteiger partial charge is 0.467 e. The van der Waals surface area contributed by atoms with Crippen LogP contribution in [0.3, 0.4) is 0 Å². The standard InChI is InChI=1S/C31H28O4/c1-34-29(32)31(26-20-12-5-13-21-26)30(33,25-18-10-4-11-19-25)27(22-23-14-6-2-7-15-23)28(35-31)24-16-8-3-9-17-24/h2-21,27-28,33H,22H2,1H3/t27-,28+,30+,31+/m0/s1. The summed E-state index contributed by atoms with van der Waals surface area (Å²) in [6.45, 7) is 0. The number of carbonyl (C=O) groups is 1. The van der Waals surface area contributed by atoms with E-state index in [2.05, 4.69) is 0 Å². The van der Waals surface area contributed by atoms with Gasteiger partial charge in [0.25, 0.3) is 0 Å². The molecule has 0 unspecified atom stereocenters. The predicted molar refractivity (Wildman–Crippen MR) is 134 cm³/mol. The van der Waals surface area contributed by atoms with Crippen molar-refractivity contribution in [2.75, 3.05) is 7.11 Å². The Morgan fingerprint density at radius 1 is 0.771 bits per heavy atom. The molecule has 4 heteroatoms. The minimum Gasteiger partial charge on any atom is -0.467 e. The molecule has 0 saturated carbocycles. The van der Waals surface area contributed by atoms with Crippen LogP contribution in [0, 0.1) is 5.92 Å². The first-order valence-corrected chi connectivity index (χ1v) is 11.8. The summed E-state index contributed by atoms with van der Waals surface area (Å²) in [4.78, 5) is 13.8. The molecular weight excluding hydrogens is 436 g/mol. The third-order valence-electron chi connectivity index (χ3n) is 7.04. The van der Waals surface area contributed by atoms with Crippen LogP contribution in [0.5, 0.6) is 0 Å². The minimum absolute atomic E-state index is 0.492. The molecule has 0 aromatic heterocycles. The number of carbonyl (C=O) groups excluding carboxylic acids is 1. The number of methoxy groups -OCH3 is 1. The molecule has 0 amide bonds. The van der Waals surface area contributed by atoms with Crippen molar-refractivity contribution in [1.82, 2.24) is 0 Å². The monoisotopic (exact) mass is 464 g/mol. The van der Waals surface area contributed by atoms with E-state index < -0.39 is 29.2 Å². The highest BCUT2D eigenvalue weighted by Gasteiger charge is 2.71. The number of benzene rings is 4. The Morgan fingerprint density at radius 2 is 1.26 bits per heavy atom. The predicted octanol–water partition coefficient (Wildman–Crippen LogP) is 5.57. The molecule has 1 heterocycles. The summed E-state index contributed by atoms with van der Waals surface area (Å²) in [6, 6.07) is 38.3. The van der Waals surface area contributed by atoms with Crippen molar-refractivity contribution in [3.63, 3.8) is 0 Å². The van der Waals surface area contributed by atoms with Gasteiger partial charge in [-0.25, -0.2) is 4.79 Å². The average Bonchev–Trinajstić information content (AvgIpc) is 3.20. The number of hydrogen-bond acceptors (Lipinski definition) is 4. The molecule has 35 heavy (non-hydrogen) atoms. The van der Waals surface area contributed by atoms with Gasteiger partial charge in [-0.15, -0.1) is 0 Å². The molecule has 4 aromatic rings. The van der Waals surface area contributed by atoms with Gasteiger partial charge in [0.2, 0.25) is 5.60 Å². The number of esters is 1. The van der Waals surface area contributed by atoms with Crippen molar-refractivity contribution in [1.29, 1.82) is 0 Å². The Hall–Kier alpha value is -3.73. The van der Waals surface area contributed by atoms with E-state index in [1.165, 1.54) is 7.11 Å². The molecule has 5 rings (SSSR count). The van der Waals surface area contributed by atoms with Crippen LogP contribution in [-0.2, 0) is 31.9 Å². The summed E-state index contributed by atoms with van der Waals surface area (Å²) in [5, 5.41) is 13.0. The second-order valence-corrected chi connectivity index (χ2v) is 8.92. The number of aliphatic hydroxyl groups is 1. The van der Waals surface area contributed by atoms with Gasteiger partial charge >= 0.3 is 5.97 Å². The third kappa shape index (κ3) is 3.75. The lowest BCUT2D eigenvalue weighted by atomic mass is 9.65. The Kier molecular flexibility index (Phi) is 6.25. The number of rotatable bonds is 6. The summed E-state index contributed by atoms with van der Waals surface area (Å²) in [5.74, 6) is -1.12. The van der Waals surface area contributed by atoms with Crippen LogP contribution in [-0.4, -0.2) is 18.2 Å². The fourth-order valence-corrected chi connectivity index (χ4v) is 5.44. The molecule has 176 valence electrons. The van der Waals surface area contributed by atoms with Gasteiger partial charge in [-0.2, -0.15) is 0 Å². The van der Waals surface area contributed by atoms with E-state index in [0.29, 0.717) is 17.5 Å². The van der Waals surface area contributed by atoms with Crippen LogP contribution >= 0.6 is 0 Å². The lowest BCUT2D eigenvalue weighted by Gasteiger charge is -2.41. The molecule has 4 atom stereocenters. The second-order valence-electron chi connectivity index (χ2n) is 8.92. The van der Waals surface area contributed by atoms with Crippen LogP contribution in [0.4, 0.5) is 0 Å². The summed E-state index contributed by atoms with van der Waals surface area (Å²) >= 11 is 0. The van der Waals surface area contributed by atoms with Crippen molar-refractivity contribution in [2.24, 2.45) is 5.92 Å². The van der Waals surface area contributed by atoms with E-state index in [1.54, 1.807) is 0 Å². The molecule has 0 aliphatic carbocycles. The fraction of sp³-hybridized carbons (Fsp3) is 0.194. The Balaban J connectivity index is 1.81. The van der Waals surface area contributed by atoms with Crippen LogP contribution in [0.2, 0.25) is 0 Å². The maximum atomic E-state index is 13.8. The molecule has 1 N–H and O–H groups in total. The normalized spacial score (nSPS) is 25.8. The van der Waals surface area contributed by atoms with Gasteiger partial charge in [0.1, 0.15) is 5.60 Å². The van der Waals surface area contributed by atoms with Gasteiger partial charge in [0.15, 0.2) is 0 Å². The van der Waals surface area contributed by atoms with Gasteiger partial charge in [0, 0.05) is 5.92 Å². The SMILES string of the molecule is COC(=O)[C@@]1(c2ccccc2)O[C@H](c2ccccc2)[C@H](Cc2ccccc2)[C@]1(O)c1ccccc1. The van der Waals surface area contributed by atoms with E-state index in [0.717, 1.165) is 11.1 Å². The summed E-state index contributed by atoms with van der Waals surface area (Å²) < 4.78 is 12.2. The van der Waals surface area contributed by atoms with Crippen molar-refractivity contribution in [3.05, 3.63) is 144 Å². The average molecular weight is 465 g/mol. The van der Waals surface area contributed by atoms with Crippen LogP contribution in [0.15, 0.2) is 121 Å². The van der Waals surface area contributed by atoms with Gasteiger partial charge in [-0.3, -0.25) is 0 Å². The summed E-state index contributed by atoms with van der Waals surface area (Å²) in [7, 11) is 1.34. The first-order chi connectivity index (χ1) is 17.1. The molecule has 1 aliphatic heterocycles. The summed E-state index contributed by atoms with van der Waals surface area (Å²) in [5.41, 5.74) is -0.401. The smallest absolute Gasteiger partial charge is 0.346 e. The molecule has 1 saturated heterocycles. The Labute approximate surface area is 205 Å². The number of hydrogen-bond donors (Lipinski definition) is 1. The highest BCUT2D eigenvalue weighted by Crippen LogP contribution is 2.61. The zero-order valence-electron chi connectivity index (χ0n) is 19.6. The quantitative estimate of drug-likeness (QED) is 0.379. The first kappa shape index (κ1) is 23.0. The maximum absolute atomic E-state index is 13.8. The Bertz CT molecular complexity index is 1260. The van der Waals surface area contributed by atoms with Crippen LogP contribution < -0.4 is 0 Å². The van der Waals surface area contributed by atoms with Crippen LogP contribution in [0.1, 0.15) is 28.4 Å². The fourth-order valence-electron chi connectivity index (χ4n) is 5.44. The second kappa shape index (κ2) is 9.49. The molecule has 4 nitrogen and oxygen atoms in total. The van der Waals surface area contributed by atoms with E-state index in [4.69, 9.17) is 9.47 Å². The first-order valence-electron chi connectivity index (χ1n) is 11.8. The van der Waals surface area contributed by atoms with E-state index in [1.807, 2.05) is 121 Å². The molecule has 1 aliphatic rings. The van der Waals surface area contributed by atoms with Crippen LogP contribution in [0.25, 0.3) is 0 Å². The van der Waals surface area contributed by atoms with E-state index in [-0.39, 0.29) is 0 Å². The number of ether oxygens (including phenoxy) is 2. The molecule has 0 spiro atoms. The van der Waals surface area contributed by atoms with Gasteiger partial charge in [-0.1, -0.05) is 121 Å². The Morgan fingerprint density at radius 3 is 1.80 bits per heavy atom. The van der Waals surface area contributed by atoms with Gasteiger partial charge in [-0.05, 0) is 28.7 Å². The lowest BCUT2D eigenvalue weighted by molar-refractivity contribution is -0.197. The molecule has 4 aromatic carbocycles. The summed E-state index contributed by atoms with van der Waals surface area (Å²) in [6.07, 6.45) is -0.0712. The molecule has 0 radical (unpaired) electrons. The lowest BCUT2D eigenvalue weighted by Crippen LogP contribution is -2.55. The van der Waals surface area contributed by atoms with Crippen molar-refractivity contribution in [2.45, 2.75) is 23.7 Å². The van der Waals surface area contributed by atoms with Crippen molar-refractivity contribution in [3.8, 4) is 0 Å². The minimum atomic E-state index is -1.77. The molecular formula is C31H28O4. The topological polar surface area (TPSA) is 55.8 Å². The van der Waals surface area contributed by atoms with Gasteiger partial charge < -0.3 is 14.6 Å². The molecule has 0 bridgehead atoms.